The van der Waals surface area contributed by atoms with Gasteiger partial charge in [-0.3, -0.25) is 4.40 Å². The zero-order valence-corrected chi connectivity index (χ0v) is 12.4. The molecule has 0 fully saturated rings. The molecule has 0 aliphatic carbocycles. The summed E-state index contributed by atoms with van der Waals surface area (Å²) in [5.74, 6) is 1.61. The number of benzene rings is 1. The Morgan fingerprint density at radius 1 is 1.19 bits per heavy atom. The van der Waals surface area contributed by atoms with E-state index in [0.29, 0.717) is 17.9 Å². The van der Waals surface area contributed by atoms with E-state index in [1.54, 1.807) is 0 Å². The molecule has 2 N–H and O–H groups in total. The van der Waals surface area contributed by atoms with Crippen molar-refractivity contribution in [3.05, 3.63) is 53.0 Å². The maximum atomic E-state index is 5.96. The Morgan fingerprint density at radius 2 is 2.00 bits per heavy atom. The van der Waals surface area contributed by atoms with Gasteiger partial charge in [0.15, 0.2) is 11.5 Å². The molecule has 0 saturated heterocycles. The molecule has 3 rings (SSSR count). The third-order valence-corrected chi connectivity index (χ3v) is 3.65. The quantitative estimate of drug-likeness (QED) is 0.802. The molecule has 108 valence electrons. The number of rotatable bonds is 3. The lowest BCUT2D eigenvalue weighted by molar-refractivity contribution is 0.292. The van der Waals surface area contributed by atoms with E-state index in [1.807, 2.05) is 35.7 Å². The van der Waals surface area contributed by atoms with Crippen LogP contribution in [-0.2, 0) is 6.61 Å². The summed E-state index contributed by atoms with van der Waals surface area (Å²) < 4.78 is 7.77. The third-order valence-electron chi connectivity index (χ3n) is 3.65. The van der Waals surface area contributed by atoms with Crippen molar-refractivity contribution in [1.82, 2.24) is 14.6 Å². The van der Waals surface area contributed by atoms with Gasteiger partial charge in [-0.05, 0) is 49.6 Å². The van der Waals surface area contributed by atoms with Gasteiger partial charge in [0.25, 0.3) is 0 Å². The number of aryl methyl sites for hydroxylation is 2. The monoisotopic (exact) mass is 282 g/mol. The average molecular weight is 282 g/mol. The lowest BCUT2D eigenvalue weighted by Gasteiger charge is -2.10. The van der Waals surface area contributed by atoms with Crippen molar-refractivity contribution in [3.8, 4) is 5.75 Å². The predicted molar refractivity (Wildman–Crippen MR) is 82.4 cm³/mol. The molecule has 0 amide bonds. The first kappa shape index (κ1) is 13.4. The molecule has 0 unspecified atom stereocenters. The van der Waals surface area contributed by atoms with Gasteiger partial charge in [0.1, 0.15) is 12.4 Å². The fraction of sp³-hybridized carbons (Fsp3) is 0.250. The number of pyridine rings is 1. The Labute approximate surface area is 123 Å². The molecule has 1 aromatic carbocycles. The summed E-state index contributed by atoms with van der Waals surface area (Å²) in [7, 11) is 0. The van der Waals surface area contributed by atoms with Crippen LogP contribution in [0.15, 0.2) is 30.5 Å². The lowest BCUT2D eigenvalue weighted by atomic mass is 10.1. The number of nitrogen functional groups attached to an aromatic ring is 1. The number of nitrogens with two attached hydrogens (primary N) is 1. The third kappa shape index (κ3) is 2.42. The number of ether oxygens (including phenoxy) is 1. The van der Waals surface area contributed by atoms with E-state index in [2.05, 4.69) is 30.1 Å². The molecule has 2 heterocycles. The molecule has 5 heteroatoms. The van der Waals surface area contributed by atoms with Crippen molar-refractivity contribution in [1.29, 1.82) is 0 Å². The van der Waals surface area contributed by atoms with E-state index in [9.17, 15) is 0 Å². The smallest absolute Gasteiger partial charge is 0.184 e. The van der Waals surface area contributed by atoms with Gasteiger partial charge in [0.2, 0.25) is 0 Å². The van der Waals surface area contributed by atoms with Gasteiger partial charge in [0, 0.05) is 6.20 Å². The molecule has 0 atom stereocenters. The van der Waals surface area contributed by atoms with E-state index >= 15 is 0 Å². The van der Waals surface area contributed by atoms with Crippen LogP contribution in [0, 0.1) is 20.8 Å². The maximum Gasteiger partial charge on any atom is 0.184 e. The minimum atomic E-state index is 0.356. The molecule has 5 nitrogen and oxygen atoms in total. The van der Waals surface area contributed by atoms with E-state index < -0.39 is 0 Å². The maximum absolute atomic E-state index is 5.96. The van der Waals surface area contributed by atoms with Crippen LogP contribution in [0.2, 0.25) is 0 Å². The number of aromatic nitrogens is 3. The van der Waals surface area contributed by atoms with Crippen molar-refractivity contribution in [2.45, 2.75) is 27.4 Å². The van der Waals surface area contributed by atoms with Gasteiger partial charge in [-0.25, -0.2) is 0 Å². The molecule has 3 aromatic rings. The van der Waals surface area contributed by atoms with Crippen molar-refractivity contribution >= 4 is 11.3 Å². The molecule has 0 saturated carbocycles. The minimum Gasteiger partial charge on any atom is -0.485 e. The fourth-order valence-corrected chi connectivity index (χ4v) is 2.33. The highest BCUT2D eigenvalue weighted by Gasteiger charge is 2.10. The van der Waals surface area contributed by atoms with Crippen molar-refractivity contribution in [2.24, 2.45) is 0 Å². The van der Waals surface area contributed by atoms with E-state index in [0.717, 1.165) is 22.7 Å². The second-order valence-corrected chi connectivity index (χ2v) is 5.27. The van der Waals surface area contributed by atoms with E-state index in [1.165, 1.54) is 5.56 Å². The van der Waals surface area contributed by atoms with Gasteiger partial charge in [0.05, 0.1) is 5.69 Å². The van der Waals surface area contributed by atoms with Crippen molar-refractivity contribution in [2.75, 3.05) is 5.73 Å². The van der Waals surface area contributed by atoms with Crippen LogP contribution in [-0.4, -0.2) is 14.6 Å². The Balaban J connectivity index is 1.91. The summed E-state index contributed by atoms with van der Waals surface area (Å²) in [6.07, 6.45) is 1.97. The Hall–Kier alpha value is -2.56. The molecule has 0 bridgehead atoms. The topological polar surface area (TPSA) is 65.4 Å². The summed E-state index contributed by atoms with van der Waals surface area (Å²) in [6.45, 7) is 6.47. The van der Waals surface area contributed by atoms with Crippen molar-refractivity contribution < 1.29 is 4.74 Å². The van der Waals surface area contributed by atoms with Gasteiger partial charge in [-0.15, -0.1) is 10.2 Å². The molecule has 0 aliphatic rings. The second kappa shape index (κ2) is 5.09. The molecule has 0 radical (unpaired) electrons. The normalized spacial score (nSPS) is 11.0. The van der Waals surface area contributed by atoms with E-state index in [4.69, 9.17) is 10.5 Å². The molecule has 0 aliphatic heterocycles. The summed E-state index contributed by atoms with van der Waals surface area (Å²) in [6, 6.07) is 7.91. The SMILES string of the molecule is Cc1cc(N)c2nnc(COc3cccc(C)c3C)n2c1. The number of fused-ring (bicyclic) bond motifs is 1. The first-order valence-corrected chi connectivity index (χ1v) is 6.85. The highest BCUT2D eigenvalue weighted by Crippen LogP contribution is 2.22. The largest absolute Gasteiger partial charge is 0.485 e. The van der Waals surface area contributed by atoms with Crippen LogP contribution in [0.4, 0.5) is 5.69 Å². The standard InChI is InChI=1S/C16H18N4O/c1-10-7-13(17)16-19-18-15(20(16)8-10)9-21-14-6-4-5-11(2)12(14)3/h4-8H,9,17H2,1-3H3. The Bertz CT molecular complexity index is 807. The highest BCUT2D eigenvalue weighted by atomic mass is 16.5. The number of hydrogen-bond acceptors (Lipinski definition) is 4. The lowest BCUT2D eigenvalue weighted by Crippen LogP contribution is -2.03. The predicted octanol–water partition coefficient (Wildman–Crippen LogP) is 2.82. The molecule has 2 aromatic heterocycles. The Morgan fingerprint density at radius 3 is 2.81 bits per heavy atom. The molecular formula is C16H18N4O. The first-order chi connectivity index (χ1) is 10.1. The molecular weight excluding hydrogens is 264 g/mol. The molecule has 0 spiro atoms. The second-order valence-electron chi connectivity index (χ2n) is 5.27. The summed E-state index contributed by atoms with van der Waals surface area (Å²) in [4.78, 5) is 0. The van der Waals surface area contributed by atoms with Gasteiger partial charge >= 0.3 is 0 Å². The fourth-order valence-electron chi connectivity index (χ4n) is 2.33. The number of anilines is 1. The van der Waals surface area contributed by atoms with Gasteiger partial charge in [-0.2, -0.15) is 0 Å². The Kier molecular flexibility index (Phi) is 3.25. The van der Waals surface area contributed by atoms with Crippen LogP contribution in [0.5, 0.6) is 5.75 Å². The van der Waals surface area contributed by atoms with Crippen LogP contribution < -0.4 is 10.5 Å². The summed E-state index contributed by atoms with van der Waals surface area (Å²) in [5, 5.41) is 8.29. The minimum absolute atomic E-state index is 0.356. The summed E-state index contributed by atoms with van der Waals surface area (Å²) >= 11 is 0. The van der Waals surface area contributed by atoms with Crippen LogP contribution in [0.3, 0.4) is 0 Å². The first-order valence-electron chi connectivity index (χ1n) is 6.85. The number of nitrogens with zero attached hydrogens (tertiary/aromatic N) is 3. The van der Waals surface area contributed by atoms with Crippen LogP contribution in [0.25, 0.3) is 5.65 Å². The number of hydrogen-bond donors (Lipinski definition) is 1. The zero-order chi connectivity index (χ0) is 15.0. The molecule has 21 heavy (non-hydrogen) atoms. The highest BCUT2D eigenvalue weighted by molar-refractivity contribution is 5.65. The zero-order valence-electron chi connectivity index (χ0n) is 12.4. The summed E-state index contributed by atoms with van der Waals surface area (Å²) in [5.41, 5.74) is 10.7. The van der Waals surface area contributed by atoms with Crippen LogP contribution >= 0.6 is 0 Å². The van der Waals surface area contributed by atoms with Gasteiger partial charge < -0.3 is 10.5 Å². The average Bonchev–Trinajstić information content (AvgIpc) is 2.84. The van der Waals surface area contributed by atoms with Crippen molar-refractivity contribution in [3.63, 3.8) is 0 Å². The van der Waals surface area contributed by atoms with Gasteiger partial charge in [-0.1, -0.05) is 12.1 Å². The van der Waals surface area contributed by atoms with Crippen LogP contribution in [0.1, 0.15) is 22.5 Å². The van der Waals surface area contributed by atoms with E-state index in [-0.39, 0.29) is 0 Å².